The maximum atomic E-state index is 11.2. The standard InChI is InChI=1S/C9H18N2O4/c1-2-5-8(10)9(12)14-6-3-4-7-15-11-13/h8H,2-7,10H2,1H3. The van der Waals surface area contributed by atoms with E-state index >= 15 is 0 Å². The third-order valence-corrected chi connectivity index (χ3v) is 1.83. The van der Waals surface area contributed by atoms with Crippen LogP contribution in [0.25, 0.3) is 0 Å². The first-order chi connectivity index (χ1) is 7.22. The summed E-state index contributed by atoms with van der Waals surface area (Å²) in [6.07, 6.45) is 2.76. The fourth-order valence-corrected chi connectivity index (χ4v) is 1.01. The van der Waals surface area contributed by atoms with Gasteiger partial charge in [-0.15, -0.1) is 4.91 Å². The van der Waals surface area contributed by atoms with Crippen LogP contribution in [-0.2, 0) is 14.4 Å². The zero-order valence-electron chi connectivity index (χ0n) is 8.98. The van der Waals surface area contributed by atoms with E-state index in [1.54, 1.807) is 0 Å². The second-order valence-electron chi connectivity index (χ2n) is 3.18. The Morgan fingerprint density at radius 3 is 2.67 bits per heavy atom. The first-order valence-electron chi connectivity index (χ1n) is 5.09. The van der Waals surface area contributed by atoms with Crippen molar-refractivity contribution >= 4 is 5.97 Å². The van der Waals surface area contributed by atoms with E-state index in [1.807, 2.05) is 6.92 Å². The highest BCUT2D eigenvalue weighted by Crippen LogP contribution is 1.98. The van der Waals surface area contributed by atoms with Gasteiger partial charge in [-0.2, -0.15) is 0 Å². The van der Waals surface area contributed by atoms with Gasteiger partial charge >= 0.3 is 5.97 Å². The van der Waals surface area contributed by atoms with Crippen LogP contribution < -0.4 is 5.73 Å². The van der Waals surface area contributed by atoms with E-state index < -0.39 is 6.04 Å². The SMILES string of the molecule is CCCC(N)C(=O)OCCCCON=O. The quantitative estimate of drug-likeness (QED) is 0.271. The molecule has 6 heteroatoms. The molecule has 2 N–H and O–H groups in total. The number of unbranched alkanes of at least 4 members (excludes halogenated alkanes) is 1. The molecule has 0 spiro atoms. The third-order valence-electron chi connectivity index (χ3n) is 1.83. The van der Waals surface area contributed by atoms with Gasteiger partial charge in [-0.3, -0.25) is 4.79 Å². The Balaban J connectivity index is 3.34. The summed E-state index contributed by atoms with van der Waals surface area (Å²) in [4.78, 5) is 24.9. The van der Waals surface area contributed by atoms with Gasteiger partial charge in [0.05, 0.1) is 6.61 Å². The predicted molar refractivity (Wildman–Crippen MR) is 54.8 cm³/mol. The lowest BCUT2D eigenvalue weighted by molar-refractivity contribution is -0.145. The Labute approximate surface area is 89.0 Å². The maximum Gasteiger partial charge on any atom is 0.322 e. The van der Waals surface area contributed by atoms with Gasteiger partial charge in [0.1, 0.15) is 12.6 Å². The predicted octanol–water partition coefficient (Wildman–Crippen LogP) is 1.14. The van der Waals surface area contributed by atoms with Crippen LogP contribution in [0.15, 0.2) is 5.34 Å². The molecule has 6 nitrogen and oxygen atoms in total. The summed E-state index contributed by atoms with van der Waals surface area (Å²) in [5, 5.41) is 2.24. The van der Waals surface area contributed by atoms with E-state index in [0.717, 1.165) is 6.42 Å². The topological polar surface area (TPSA) is 91.0 Å². The summed E-state index contributed by atoms with van der Waals surface area (Å²) in [6, 6.07) is -0.525. The molecule has 0 bridgehead atoms. The highest BCUT2D eigenvalue weighted by Gasteiger charge is 2.12. The van der Waals surface area contributed by atoms with E-state index in [9.17, 15) is 9.70 Å². The van der Waals surface area contributed by atoms with E-state index in [-0.39, 0.29) is 12.6 Å². The van der Waals surface area contributed by atoms with Gasteiger partial charge in [-0.05, 0) is 19.3 Å². The van der Waals surface area contributed by atoms with Gasteiger partial charge in [0, 0.05) is 0 Å². The van der Waals surface area contributed by atoms with Crippen molar-refractivity contribution in [3.63, 3.8) is 0 Å². The van der Waals surface area contributed by atoms with E-state index in [2.05, 4.69) is 10.2 Å². The lowest BCUT2D eigenvalue weighted by Crippen LogP contribution is -2.32. The Morgan fingerprint density at radius 2 is 2.07 bits per heavy atom. The van der Waals surface area contributed by atoms with Crippen molar-refractivity contribution in [3.05, 3.63) is 4.91 Å². The lowest BCUT2D eigenvalue weighted by atomic mass is 10.2. The Morgan fingerprint density at radius 1 is 1.40 bits per heavy atom. The monoisotopic (exact) mass is 218 g/mol. The van der Waals surface area contributed by atoms with Gasteiger partial charge in [0.2, 0.25) is 0 Å². The molecule has 0 aromatic carbocycles. The minimum absolute atomic E-state index is 0.252. The van der Waals surface area contributed by atoms with Gasteiger partial charge in [0.25, 0.3) is 0 Å². The molecule has 0 aromatic heterocycles. The highest BCUT2D eigenvalue weighted by atomic mass is 16.7. The molecule has 1 unspecified atom stereocenters. The first kappa shape index (κ1) is 13.8. The molecule has 0 aliphatic carbocycles. The zero-order valence-corrected chi connectivity index (χ0v) is 8.98. The van der Waals surface area contributed by atoms with E-state index in [0.29, 0.717) is 25.9 Å². The Kier molecular flexibility index (Phi) is 8.66. The van der Waals surface area contributed by atoms with Crippen molar-refractivity contribution in [1.82, 2.24) is 0 Å². The number of carbonyl (C=O) groups is 1. The van der Waals surface area contributed by atoms with Crippen LogP contribution in [0.3, 0.4) is 0 Å². The summed E-state index contributed by atoms with van der Waals surface area (Å²) in [5.74, 6) is -0.369. The third kappa shape index (κ3) is 7.87. The molecule has 0 aliphatic heterocycles. The van der Waals surface area contributed by atoms with Crippen molar-refractivity contribution in [2.75, 3.05) is 13.2 Å². The van der Waals surface area contributed by atoms with E-state index in [1.165, 1.54) is 0 Å². The Bertz CT molecular complexity index is 187. The summed E-state index contributed by atoms with van der Waals surface area (Å²) in [7, 11) is 0. The minimum atomic E-state index is -0.525. The second kappa shape index (κ2) is 9.39. The van der Waals surface area contributed by atoms with Gasteiger partial charge < -0.3 is 15.3 Å². The number of esters is 1. The molecule has 0 aliphatic rings. The van der Waals surface area contributed by atoms with Crippen molar-refractivity contribution in [3.8, 4) is 0 Å². The molecule has 0 saturated carbocycles. The molecule has 0 heterocycles. The molecule has 0 fully saturated rings. The number of hydrogen-bond donors (Lipinski definition) is 1. The van der Waals surface area contributed by atoms with Crippen LogP contribution in [0.5, 0.6) is 0 Å². The number of nitrogens with zero attached hydrogens (tertiary/aromatic N) is 1. The van der Waals surface area contributed by atoms with Crippen LogP contribution in [0.4, 0.5) is 0 Å². The fraction of sp³-hybridized carbons (Fsp3) is 0.889. The molecule has 15 heavy (non-hydrogen) atoms. The van der Waals surface area contributed by atoms with Crippen molar-refractivity contribution in [2.24, 2.45) is 11.1 Å². The minimum Gasteiger partial charge on any atom is -0.465 e. The van der Waals surface area contributed by atoms with Crippen molar-refractivity contribution < 1.29 is 14.4 Å². The number of rotatable bonds is 9. The largest absolute Gasteiger partial charge is 0.465 e. The summed E-state index contributed by atoms with van der Waals surface area (Å²) in [6.45, 7) is 2.51. The molecule has 0 aromatic rings. The number of nitrogens with two attached hydrogens (primary N) is 1. The van der Waals surface area contributed by atoms with Crippen LogP contribution in [0.2, 0.25) is 0 Å². The van der Waals surface area contributed by atoms with Crippen molar-refractivity contribution in [2.45, 2.75) is 38.6 Å². The molecular formula is C9H18N2O4. The molecular weight excluding hydrogens is 200 g/mol. The average molecular weight is 218 g/mol. The molecule has 1 atom stereocenters. The highest BCUT2D eigenvalue weighted by molar-refractivity contribution is 5.75. The number of carbonyl (C=O) groups excluding carboxylic acids is 1. The lowest BCUT2D eigenvalue weighted by Gasteiger charge is -2.09. The van der Waals surface area contributed by atoms with Gasteiger partial charge in [0.15, 0.2) is 5.34 Å². The summed E-state index contributed by atoms with van der Waals surface area (Å²) < 4.78 is 4.91. The van der Waals surface area contributed by atoms with Crippen LogP contribution in [0.1, 0.15) is 32.6 Å². The first-order valence-corrected chi connectivity index (χ1v) is 5.09. The normalized spacial score (nSPS) is 11.9. The fourth-order valence-electron chi connectivity index (χ4n) is 1.01. The molecule has 0 rings (SSSR count). The maximum absolute atomic E-state index is 11.2. The molecule has 88 valence electrons. The number of ether oxygens (including phenoxy) is 1. The molecule has 0 saturated heterocycles. The van der Waals surface area contributed by atoms with Crippen molar-refractivity contribution in [1.29, 1.82) is 0 Å². The molecule has 0 amide bonds. The van der Waals surface area contributed by atoms with Crippen LogP contribution in [-0.4, -0.2) is 25.2 Å². The number of hydrogen-bond acceptors (Lipinski definition) is 6. The average Bonchev–Trinajstić information content (AvgIpc) is 2.23. The second-order valence-corrected chi connectivity index (χ2v) is 3.18. The Hall–Kier alpha value is -1.17. The van der Waals surface area contributed by atoms with E-state index in [4.69, 9.17) is 10.5 Å². The van der Waals surface area contributed by atoms with Crippen LogP contribution >= 0.6 is 0 Å². The smallest absolute Gasteiger partial charge is 0.322 e. The zero-order chi connectivity index (χ0) is 11.5. The van der Waals surface area contributed by atoms with Crippen LogP contribution in [0, 0.1) is 4.91 Å². The van der Waals surface area contributed by atoms with Gasteiger partial charge in [-0.1, -0.05) is 13.3 Å². The molecule has 0 radical (unpaired) electrons. The summed E-state index contributed by atoms with van der Waals surface area (Å²) in [5.41, 5.74) is 5.53. The summed E-state index contributed by atoms with van der Waals surface area (Å²) >= 11 is 0. The van der Waals surface area contributed by atoms with Gasteiger partial charge in [-0.25, -0.2) is 0 Å².